The van der Waals surface area contributed by atoms with E-state index in [2.05, 4.69) is 5.32 Å². The molecule has 0 aromatic heterocycles. The van der Waals surface area contributed by atoms with Crippen LogP contribution >= 0.6 is 23.8 Å². The number of rotatable bonds is 4. The van der Waals surface area contributed by atoms with E-state index in [0.717, 1.165) is 0 Å². The highest BCUT2D eigenvalue weighted by atomic mass is 35.5. The van der Waals surface area contributed by atoms with Gasteiger partial charge in [0.25, 0.3) is 0 Å². The molecule has 8 heteroatoms. The van der Waals surface area contributed by atoms with Gasteiger partial charge < -0.3 is 11.1 Å². The van der Waals surface area contributed by atoms with Crippen molar-refractivity contribution in [3.8, 4) is 0 Å². The van der Waals surface area contributed by atoms with Crippen molar-refractivity contribution in [3.05, 3.63) is 53.1 Å². The van der Waals surface area contributed by atoms with Gasteiger partial charge in [0.05, 0.1) is 15.6 Å². The largest absolute Gasteiger partial charge is 0.389 e. The second-order valence-electron chi connectivity index (χ2n) is 4.25. The fraction of sp³-hybridized carbons (Fsp3) is 0. The molecule has 0 amide bonds. The van der Waals surface area contributed by atoms with Crippen LogP contribution in [0.25, 0.3) is 0 Å². The minimum atomic E-state index is -3.70. The molecule has 0 aliphatic carbocycles. The first-order valence-corrected chi connectivity index (χ1v) is 8.10. The van der Waals surface area contributed by atoms with E-state index in [1.165, 1.54) is 12.1 Å². The Morgan fingerprint density at radius 2 is 1.76 bits per heavy atom. The highest BCUT2D eigenvalue weighted by Crippen LogP contribution is 2.27. The van der Waals surface area contributed by atoms with Crippen molar-refractivity contribution in [3.63, 3.8) is 0 Å². The average molecular weight is 342 g/mol. The van der Waals surface area contributed by atoms with Crippen LogP contribution in [0.1, 0.15) is 5.56 Å². The van der Waals surface area contributed by atoms with E-state index in [0.29, 0.717) is 22.0 Å². The first kappa shape index (κ1) is 15.7. The number of nitrogens with two attached hydrogens (primary N) is 2. The number of thiocarbonyl (C=S) groups is 1. The van der Waals surface area contributed by atoms with E-state index in [-0.39, 0.29) is 9.88 Å². The van der Waals surface area contributed by atoms with Gasteiger partial charge in [-0.2, -0.15) is 0 Å². The number of anilines is 2. The fourth-order valence-corrected chi connectivity index (χ4v) is 2.52. The van der Waals surface area contributed by atoms with E-state index in [1.807, 2.05) is 0 Å². The number of halogens is 1. The van der Waals surface area contributed by atoms with Gasteiger partial charge in [0, 0.05) is 11.3 Å². The molecule has 0 aliphatic rings. The lowest BCUT2D eigenvalue weighted by Crippen LogP contribution is -2.11. The van der Waals surface area contributed by atoms with Crippen LogP contribution < -0.4 is 16.2 Å². The summed E-state index contributed by atoms with van der Waals surface area (Å²) in [6.07, 6.45) is 0. The molecule has 0 heterocycles. The third-order valence-corrected chi connectivity index (χ3v) is 4.19. The lowest BCUT2D eigenvalue weighted by atomic mass is 10.2. The second kappa shape index (κ2) is 5.98. The second-order valence-corrected chi connectivity index (χ2v) is 6.66. The average Bonchev–Trinajstić information content (AvgIpc) is 2.40. The molecule has 2 aromatic carbocycles. The summed E-state index contributed by atoms with van der Waals surface area (Å²) in [6.45, 7) is 0. The van der Waals surface area contributed by atoms with Gasteiger partial charge in [-0.25, -0.2) is 13.6 Å². The highest BCUT2D eigenvalue weighted by Gasteiger charge is 2.08. The molecule has 0 spiro atoms. The number of hydrogen-bond donors (Lipinski definition) is 3. The van der Waals surface area contributed by atoms with Gasteiger partial charge in [-0.1, -0.05) is 23.8 Å². The van der Waals surface area contributed by atoms with Gasteiger partial charge in [-0.15, -0.1) is 0 Å². The van der Waals surface area contributed by atoms with Crippen LogP contribution in [0.4, 0.5) is 11.4 Å². The first-order chi connectivity index (χ1) is 9.77. The van der Waals surface area contributed by atoms with Gasteiger partial charge in [-0.3, -0.25) is 0 Å². The Kier molecular flexibility index (Phi) is 4.48. The van der Waals surface area contributed by atoms with Crippen molar-refractivity contribution in [1.29, 1.82) is 0 Å². The molecular formula is C13H12ClN3O2S2. The summed E-state index contributed by atoms with van der Waals surface area (Å²) in [7, 11) is -3.70. The van der Waals surface area contributed by atoms with Gasteiger partial charge in [0.1, 0.15) is 4.99 Å². The molecule has 0 saturated carbocycles. The molecule has 5 N–H and O–H groups in total. The van der Waals surface area contributed by atoms with Crippen molar-refractivity contribution in [2.24, 2.45) is 10.9 Å². The van der Waals surface area contributed by atoms with E-state index >= 15 is 0 Å². The normalized spacial score (nSPS) is 11.1. The van der Waals surface area contributed by atoms with Gasteiger partial charge in [0.15, 0.2) is 0 Å². The van der Waals surface area contributed by atoms with E-state index in [4.69, 9.17) is 34.7 Å². The summed E-state index contributed by atoms with van der Waals surface area (Å²) in [6, 6.07) is 11.2. The van der Waals surface area contributed by atoms with Crippen LogP contribution in [-0.2, 0) is 10.0 Å². The summed E-state index contributed by atoms with van der Waals surface area (Å²) < 4.78 is 22.3. The van der Waals surface area contributed by atoms with E-state index in [1.54, 1.807) is 30.3 Å². The molecule has 110 valence electrons. The topological polar surface area (TPSA) is 98.2 Å². The fourth-order valence-electron chi connectivity index (χ4n) is 1.65. The maximum absolute atomic E-state index is 11.2. The maximum atomic E-state index is 11.2. The lowest BCUT2D eigenvalue weighted by molar-refractivity contribution is 0.598. The smallest absolute Gasteiger partial charge is 0.238 e. The highest BCUT2D eigenvalue weighted by molar-refractivity contribution is 7.89. The van der Waals surface area contributed by atoms with Crippen LogP contribution in [-0.4, -0.2) is 13.4 Å². The first-order valence-electron chi connectivity index (χ1n) is 5.76. The van der Waals surface area contributed by atoms with Crippen LogP contribution in [0, 0.1) is 0 Å². The Balaban J connectivity index is 2.24. The van der Waals surface area contributed by atoms with Crippen LogP contribution in [0.2, 0.25) is 5.02 Å². The van der Waals surface area contributed by atoms with Crippen molar-refractivity contribution >= 4 is 50.2 Å². The Morgan fingerprint density at radius 1 is 1.14 bits per heavy atom. The third kappa shape index (κ3) is 3.92. The van der Waals surface area contributed by atoms with E-state index < -0.39 is 10.0 Å². The van der Waals surface area contributed by atoms with Crippen LogP contribution in [0.3, 0.4) is 0 Å². The standard InChI is InChI=1S/C13H12ClN3O2S2/c14-11-7-8(13(15)20)1-6-12(11)17-9-2-4-10(5-3-9)21(16,18)19/h1-7,17H,(H2,15,20)(H2,16,18,19). The third-order valence-electron chi connectivity index (χ3n) is 2.72. The molecule has 2 aromatic rings. The minimum Gasteiger partial charge on any atom is -0.389 e. The molecule has 5 nitrogen and oxygen atoms in total. The van der Waals surface area contributed by atoms with Crippen molar-refractivity contribution in [1.82, 2.24) is 0 Å². The zero-order valence-electron chi connectivity index (χ0n) is 10.7. The monoisotopic (exact) mass is 341 g/mol. The van der Waals surface area contributed by atoms with Crippen LogP contribution in [0.5, 0.6) is 0 Å². The molecule has 21 heavy (non-hydrogen) atoms. The predicted molar refractivity (Wildman–Crippen MR) is 88.4 cm³/mol. The number of nitrogens with one attached hydrogen (secondary N) is 1. The molecule has 0 unspecified atom stereocenters. The molecular weight excluding hydrogens is 330 g/mol. The number of sulfonamides is 1. The SMILES string of the molecule is NC(=S)c1ccc(Nc2ccc(S(N)(=O)=O)cc2)c(Cl)c1. The maximum Gasteiger partial charge on any atom is 0.238 e. The summed E-state index contributed by atoms with van der Waals surface area (Å²) in [5.74, 6) is 0. The summed E-state index contributed by atoms with van der Waals surface area (Å²) in [4.78, 5) is 0.309. The number of hydrogen-bond acceptors (Lipinski definition) is 4. The predicted octanol–water partition coefficient (Wildman–Crippen LogP) is 2.37. The number of benzene rings is 2. The van der Waals surface area contributed by atoms with E-state index in [9.17, 15) is 8.42 Å². The molecule has 0 fully saturated rings. The summed E-state index contributed by atoms with van der Waals surface area (Å²) >= 11 is 11.0. The quantitative estimate of drug-likeness (QED) is 0.741. The zero-order valence-corrected chi connectivity index (χ0v) is 13.1. The lowest BCUT2D eigenvalue weighted by Gasteiger charge is -2.10. The van der Waals surface area contributed by atoms with Gasteiger partial charge in [-0.05, 0) is 42.5 Å². The van der Waals surface area contributed by atoms with Crippen LogP contribution in [0.15, 0.2) is 47.4 Å². The number of primary sulfonamides is 1. The van der Waals surface area contributed by atoms with Crippen molar-refractivity contribution < 1.29 is 8.42 Å². The Hall–Kier alpha value is -1.67. The minimum absolute atomic E-state index is 0.0444. The Labute approximate surface area is 133 Å². The Bertz CT molecular complexity index is 790. The molecule has 0 aliphatic heterocycles. The van der Waals surface area contributed by atoms with Crippen molar-refractivity contribution in [2.45, 2.75) is 4.90 Å². The molecule has 0 saturated heterocycles. The Morgan fingerprint density at radius 3 is 2.24 bits per heavy atom. The molecule has 0 bridgehead atoms. The molecule has 2 rings (SSSR count). The molecule has 0 radical (unpaired) electrons. The summed E-state index contributed by atoms with van der Waals surface area (Å²) in [5.41, 5.74) is 7.52. The summed E-state index contributed by atoms with van der Waals surface area (Å²) in [5, 5.41) is 8.55. The van der Waals surface area contributed by atoms with Gasteiger partial charge >= 0.3 is 0 Å². The molecule has 0 atom stereocenters. The van der Waals surface area contributed by atoms with Crippen molar-refractivity contribution in [2.75, 3.05) is 5.32 Å². The zero-order chi connectivity index (χ0) is 15.6. The van der Waals surface area contributed by atoms with Gasteiger partial charge in [0.2, 0.25) is 10.0 Å².